The van der Waals surface area contributed by atoms with Gasteiger partial charge in [-0.05, 0) is 32.9 Å². The predicted octanol–water partition coefficient (Wildman–Crippen LogP) is 2.56. The van der Waals surface area contributed by atoms with Gasteiger partial charge >= 0.3 is 6.09 Å². The van der Waals surface area contributed by atoms with Crippen molar-refractivity contribution >= 4 is 22.8 Å². The van der Waals surface area contributed by atoms with E-state index in [4.69, 9.17) is 4.74 Å². The second-order valence-electron chi connectivity index (χ2n) is 6.95. The molecule has 0 N–H and O–H groups in total. The van der Waals surface area contributed by atoms with Crippen LogP contribution < -0.4 is 4.90 Å². The first kappa shape index (κ1) is 17.0. The Bertz CT molecular complexity index is 829. The Labute approximate surface area is 146 Å². The normalized spacial score (nSPS) is 15.1. The predicted molar refractivity (Wildman–Crippen MR) is 94.3 cm³/mol. The van der Waals surface area contributed by atoms with Crippen molar-refractivity contribution in [1.82, 2.24) is 14.9 Å². The number of rotatable bonds is 1. The third-order valence-electron chi connectivity index (χ3n) is 4.00. The summed E-state index contributed by atoms with van der Waals surface area (Å²) in [6.07, 6.45) is 2.94. The van der Waals surface area contributed by atoms with Crippen LogP contribution in [0.5, 0.6) is 0 Å². The van der Waals surface area contributed by atoms with Gasteiger partial charge in [-0.25, -0.2) is 4.79 Å². The summed E-state index contributed by atoms with van der Waals surface area (Å²) in [4.78, 5) is 24.8. The molecule has 2 heterocycles. The lowest BCUT2D eigenvalue weighted by Crippen LogP contribution is -2.50. The van der Waals surface area contributed by atoms with Crippen molar-refractivity contribution in [3.63, 3.8) is 0 Å². The van der Waals surface area contributed by atoms with E-state index < -0.39 is 5.60 Å². The Hall–Kier alpha value is -2.88. The Balaban J connectivity index is 1.77. The molecule has 25 heavy (non-hydrogen) atoms. The lowest BCUT2D eigenvalue weighted by Gasteiger charge is -2.37. The zero-order valence-electron chi connectivity index (χ0n) is 14.7. The number of nitriles is 1. The van der Waals surface area contributed by atoms with Crippen molar-refractivity contribution in [3.8, 4) is 6.07 Å². The van der Waals surface area contributed by atoms with Crippen molar-refractivity contribution in [2.24, 2.45) is 0 Å². The fourth-order valence-electron chi connectivity index (χ4n) is 2.84. The monoisotopic (exact) mass is 339 g/mol. The van der Waals surface area contributed by atoms with Crippen LogP contribution in [0.4, 0.5) is 10.5 Å². The molecule has 1 aromatic carbocycles. The summed E-state index contributed by atoms with van der Waals surface area (Å²) >= 11 is 0. The van der Waals surface area contributed by atoms with Crippen molar-refractivity contribution < 1.29 is 9.53 Å². The average Bonchev–Trinajstić information content (AvgIpc) is 2.59. The third-order valence-corrected chi connectivity index (χ3v) is 4.00. The van der Waals surface area contributed by atoms with E-state index in [2.05, 4.69) is 20.9 Å². The first-order valence-electron chi connectivity index (χ1n) is 8.26. The molecular formula is C18H21N5O2. The molecule has 3 rings (SSSR count). The summed E-state index contributed by atoms with van der Waals surface area (Å²) in [5, 5.41) is 9.24. The molecule has 1 aromatic heterocycles. The van der Waals surface area contributed by atoms with E-state index in [0.29, 0.717) is 42.8 Å². The van der Waals surface area contributed by atoms with Crippen LogP contribution in [0.2, 0.25) is 0 Å². The van der Waals surface area contributed by atoms with Crippen LogP contribution in [0.15, 0.2) is 24.5 Å². The molecule has 1 saturated heterocycles. The Kier molecular flexibility index (Phi) is 4.45. The SMILES string of the molecule is CC(C)(C)OC(=O)N1CCN(c2ccc(C#N)c3nccnc23)CC1. The van der Waals surface area contributed by atoms with Crippen LogP contribution in [-0.2, 0) is 4.74 Å². The number of hydrogen-bond donors (Lipinski definition) is 0. The molecule has 0 saturated carbocycles. The van der Waals surface area contributed by atoms with E-state index in [-0.39, 0.29) is 6.09 Å². The van der Waals surface area contributed by atoms with Gasteiger partial charge in [-0.15, -0.1) is 0 Å². The zero-order valence-corrected chi connectivity index (χ0v) is 14.7. The lowest BCUT2D eigenvalue weighted by molar-refractivity contribution is 0.0240. The lowest BCUT2D eigenvalue weighted by atomic mass is 10.1. The van der Waals surface area contributed by atoms with Crippen LogP contribution in [0.25, 0.3) is 11.0 Å². The fraction of sp³-hybridized carbons (Fsp3) is 0.444. The Morgan fingerprint density at radius 3 is 2.36 bits per heavy atom. The highest BCUT2D eigenvalue weighted by Crippen LogP contribution is 2.27. The summed E-state index contributed by atoms with van der Waals surface area (Å²) in [5.74, 6) is 0. The number of ether oxygens (including phenoxy) is 1. The molecule has 2 aromatic rings. The molecule has 1 aliphatic rings. The first-order valence-corrected chi connectivity index (χ1v) is 8.26. The van der Waals surface area contributed by atoms with Crippen molar-refractivity contribution in [2.75, 3.05) is 31.1 Å². The summed E-state index contributed by atoms with van der Waals surface area (Å²) in [7, 11) is 0. The van der Waals surface area contributed by atoms with Gasteiger partial charge in [0.05, 0.1) is 11.3 Å². The minimum absolute atomic E-state index is 0.281. The standard InChI is InChI=1S/C18H21N5O2/c1-18(2,3)25-17(24)23-10-8-22(9-11-23)14-5-4-13(12-19)15-16(14)21-7-6-20-15/h4-7H,8-11H2,1-3H3. The number of piperazine rings is 1. The van der Waals surface area contributed by atoms with Gasteiger partial charge in [0.25, 0.3) is 0 Å². The first-order chi connectivity index (χ1) is 11.9. The van der Waals surface area contributed by atoms with E-state index >= 15 is 0 Å². The van der Waals surface area contributed by atoms with E-state index in [9.17, 15) is 10.1 Å². The minimum Gasteiger partial charge on any atom is -0.444 e. The number of fused-ring (bicyclic) bond motifs is 1. The second kappa shape index (κ2) is 6.55. The van der Waals surface area contributed by atoms with Crippen LogP contribution in [0.1, 0.15) is 26.3 Å². The molecule has 7 nitrogen and oxygen atoms in total. The molecule has 0 atom stereocenters. The maximum Gasteiger partial charge on any atom is 0.410 e. The van der Waals surface area contributed by atoms with Crippen LogP contribution in [0, 0.1) is 11.3 Å². The van der Waals surface area contributed by atoms with Gasteiger partial charge < -0.3 is 14.5 Å². The van der Waals surface area contributed by atoms with E-state index in [0.717, 1.165) is 5.69 Å². The molecule has 0 unspecified atom stereocenters. The van der Waals surface area contributed by atoms with Crippen LogP contribution in [0.3, 0.4) is 0 Å². The number of carbonyl (C=O) groups excluding carboxylic acids is 1. The van der Waals surface area contributed by atoms with Crippen molar-refractivity contribution in [1.29, 1.82) is 5.26 Å². The quantitative estimate of drug-likeness (QED) is 0.794. The highest BCUT2D eigenvalue weighted by atomic mass is 16.6. The third kappa shape index (κ3) is 3.63. The molecule has 1 fully saturated rings. The van der Waals surface area contributed by atoms with Gasteiger partial charge in [0, 0.05) is 38.6 Å². The molecule has 0 aliphatic carbocycles. The van der Waals surface area contributed by atoms with Gasteiger partial charge in [-0.3, -0.25) is 9.97 Å². The summed E-state index contributed by atoms with van der Waals surface area (Å²) < 4.78 is 5.43. The minimum atomic E-state index is -0.493. The molecule has 1 aliphatic heterocycles. The summed E-state index contributed by atoms with van der Waals surface area (Å²) in [6, 6.07) is 5.83. The van der Waals surface area contributed by atoms with Crippen LogP contribution in [-0.4, -0.2) is 52.7 Å². The van der Waals surface area contributed by atoms with Crippen LogP contribution >= 0.6 is 0 Å². The van der Waals surface area contributed by atoms with Gasteiger partial charge in [-0.1, -0.05) is 0 Å². The number of benzene rings is 1. The van der Waals surface area contributed by atoms with Crippen molar-refractivity contribution in [3.05, 3.63) is 30.1 Å². The Morgan fingerprint density at radius 2 is 1.76 bits per heavy atom. The molecule has 0 bridgehead atoms. The van der Waals surface area contributed by atoms with Crippen molar-refractivity contribution in [2.45, 2.75) is 26.4 Å². The molecule has 7 heteroatoms. The number of aromatic nitrogens is 2. The van der Waals surface area contributed by atoms with Gasteiger partial charge in [0.2, 0.25) is 0 Å². The van der Waals surface area contributed by atoms with E-state index in [1.807, 2.05) is 26.8 Å². The maximum atomic E-state index is 12.2. The van der Waals surface area contributed by atoms with Gasteiger partial charge in [0.1, 0.15) is 22.7 Å². The average molecular weight is 339 g/mol. The van der Waals surface area contributed by atoms with Gasteiger partial charge in [-0.2, -0.15) is 5.26 Å². The molecule has 0 radical (unpaired) electrons. The summed E-state index contributed by atoms with van der Waals surface area (Å²) in [6.45, 7) is 8.11. The maximum absolute atomic E-state index is 12.2. The number of nitrogens with zero attached hydrogens (tertiary/aromatic N) is 5. The highest BCUT2D eigenvalue weighted by molar-refractivity contribution is 5.92. The van der Waals surface area contributed by atoms with E-state index in [1.54, 1.807) is 23.4 Å². The molecule has 130 valence electrons. The smallest absolute Gasteiger partial charge is 0.410 e. The fourth-order valence-corrected chi connectivity index (χ4v) is 2.84. The number of hydrogen-bond acceptors (Lipinski definition) is 6. The largest absolute Gasteiger partial charge is 0.444 e. The molecular weight excluding hydrogens is 318 g/mol. The molecule has 0 spiro atoms. The summed E-state index contributed by atoms with van der Waals surface area (Å²) in [5.41, 5.74) is 2.28. The van der Waals surface area contributed by atoms with E-state index in [1.165, 1.54) is 0 Å². The Morgan fingerprint density at radius 1 is 1.12 bits per heavy atom. The highest BCUT2D eigenvalue weighted by Gasteiger charge is 2.26. The number of carbonyl (C=O) groups is 1. The number of amides is 1. The zero-order chi connectivity index (χ0) is 18.0. The topological polar surface area (TPSA) is 82.4 Å². The van der Waals surface area contributed by atoms with Gasteiger partial charge in [0.15, 0.2) is 0 Å². The molecule has 1 amide bonds. The number of anilines is 1. The second-order valence-corrected chi connectivity index (χ2v) is 6.95.